The van der Waals surface area contributed by atoms with Gasteiger partial charge in [-0.3, -0.25) is 9.78 Å². The summed E-state index contributed by atoms with van der Waals surface area (Å²) in [4.78, 5) is 27.6. The first kappa shape index (κ1) is 27.6. The number of pyridine rings is 1. The molecule has 3 aliphatic heterocycles. The summed E-state index contributed by atoms with van der Waals surface area (Å²) in [6.45, 7) is 1.95. The van der Waals surface area contributed by atoms with E-state index in [1.54, 1.807) is 6.07 Å². The van der Waals surface area contributed by atoms with Crippen LogP contribution >= 0.6 is 11.8 Å². The third kappa shape index (κ3) is 7.34. The Labute approximate surface area is 218 Å². The van der Waals surface area contributed by atoms with Crippen LogP contribution in [0.15, 0.2) is 28.6 Å². The van der Waals surface area contributed by atoms with Crippen molar-refractivity contribution >= 4 is 23.7 Å². The Hall–Kier alpha value is -2.41. The molecule has 1 aromatic heterocycles. The van der Waals surface area contributed by atoms with E-state index in [4.69, 9.17) is 0 Å². The van der Waals surface area contributed by atoms with Gasteiger partial charge >= 0.3 is 17.9 Å². The molecular weight excluding hydrogens is 507 g/mol. The van der Waals surface area contributed by atoms with Gasteiger partial charge < -0.3 is 21.3 Å². The van der Waals surface area contributed by atoms with Crippen molar-refractivity contribution in [3.05, 3.63) is 29.6 Å². The Morgan fingerprint density at radius 1 is 1.08 bits per heavy atom. The first-order valence-corrected chi connectivity index (χ1v) is 14.0. The van der Waals surface area contributed by atoms with Crippen LogP contribution in [0.2, 0.25) is 0 Å². The number of carbonyl (C=O) groups excluding carboxylic acids is 2. The van der Waals surface area contributed by atoms with Crippen molar-refractivity contribution in [2.45, 2.75) is 87.1 Å². The van der Waals surface area contributed by atoms with Gasteiger partial charge in [-0.05, 0) is 38.3 Å². The van der Waals surface area contributed by atoms with Crippen LogP contribution in [0.4, 0.5) is 18.0 Å². The molecule has 204 valence electrons. The SMILES string of the molecule is O=C(CCCCC1SCC2NC(=O)NC21)NCCCCCCNCc1ccc(C2(C(F)(F)F)N=N2)cn1. The van der Waals surface area contributed by atoms with Gasteiger partial charge in [0.1, 0.15) is 0 Å². The summed E-state index contributed by atoms with van der Waals surface area (Å²) in [7, 11) is 0. The number of carbonyl (C=O) groups is 2. The molecule has 0 aromatic carbocycles. The highest BCUT2D eigenvalue weighted by Crippen LogP contribution is 2.52. The predicted molar refractivity (Wildman–Crippen MR) is 134 cm³/mol. The van der Waals surface area contributed by atoms with E-state index in [0.29, 0.717) is 30.5 Å². The lowest BCUT2D eigenvalue weighted by molar-refractivity contribution is -0.166. The van der Waals surface area contributed by atoms with Crippen LogP contribution < -0.4 is 21.3 Å². The highest BCUT2D eigenvalue weighted by atomic mass is 32.2. The van der Waals surface area contributed by atoms with Crippen molar-refractivity contribution < 1.29 is 22.8 Å². The van der Waals surface area contributed by atoms with E-state index in [9.17, 15) is 22.8 Å². The molecular formula is C24H34F3N7O2S. The van der Waals surface area contributed by atoms with E-state index < -0.39 is 11.8 Å². The Bertz CT molecular complexity index is 955. The molecule has 2 fully saturated rings. The van der Waals surface area contributed by atoms with Crippen molar-refractivity contribution in [1.82, 2.24) is 26.3 Å². The Kier molecular flexibility index (Phi) is 9.27. The molecule has 3 unspecified atom stereocenters. The second-order valence-corrected chi connectivity index (χ2v) is 11.0. The third-order valence-corrected chi connectivity index (χ3v) is 8.42. The van der Waals surface area contributed by atoms with Gasteiger partial charge in [0.05, 0.1) is 17.8 Å². The third-order valence-electron chi connectivity index (χ3n) is 6.91. The zero-order valence-electron chi connectivity index (χ0n) is 20.6. The minimum Gasteiger partial charge on any atom is -0.356 e. The van der Waals surface area contributed by atoms with E-state index in [1.165, 1.54) is 12.3 Å². The minimum atomic E-state index is -4.54. The van der Waals surface area contributed by atoms with Crippen LogP contribution in [0, 0.1) is 0 Å². The molecule has 13 heteroatoms. The number of halogens is 3. The maximum atomic E-state index is 13.0. The standard InChI is InChI=1S/C24H34F3N7O2S/c25-24(26,27)23(33-34-23)16-9-10-17(30-13-16)14-28-11-5-1-2-6-12-29-20(35)8-4-3-7-19-21-18(15-37-19)31-22(36)32-21/h9-10,13,18-19,21,28H,1-8,11-12,14-15H2,(H,29,35)(H2,31,32,36). The molecule has 0 spiro atoms. The average molecular weight is 542 g/mol. The van der Waals surface area contributed by atoms with Crippen molar-refractivity contribution in [3.8, 4) is 0 Å². The van der Waals surface area contributed by atoms with Crippen LogP contribution in [0.1, 0.15) is 62.6 Å². The number of hydrogen-bond acceptors (Lipinski definition) is 7. The van der Waals surface area contributed by atoms with E-state index in [0.717, 1.165) is 57.2 Å². The van der Waals surface area contributed by atoms with E-state index in [2.05, 4.69) is 36.5 Å². The Morgan fingerprint density at radius 3 is 2.57 bits per heavy atom. The fourth-order valence-electron chi connectivity index (χ4n) is 4.71. The van der Waals surface area contributed by atoms with E-state index >= 15 is 0 Å². The van der Waals surface area contributed by atoms with E-state index in [-0.39, 0.29) is 29.6 Å². The number of nitrogens with zero attached hydrogens (tertiary/aromatic N) is 3. The topological polar surface area (TPSA) is 120 Å². The average Bonchev–Trinajstić information content (AvgIpc) is 3.50. The van der Waals surface area contributed by atoms with Crippen molar-refractivity contribution in [3.63, 3.8) is 0 Å². The first-order valence-electron chi connectivity index (χ1n) is 12.9. The van der Waals surface area contributed by atoms with E-state index in [1.807, 2.05) is 11.8 Å². The predicted octanol–water partition coefficient (Wildman–Crippen LogP) is 3.75. The second kappa shape index (κ2) is 12.4. The van der Waals surface area contributed by atoms with Gasteiger partial charge in [-0.2, -0.15) is 24.9 Å². The molecule has 3 aliphatic rings. The van der Waals surface area contributed by atoms with Crippen LogP contribution in [-0.4, -0.2) is 59.3 Å². The van der Waals surface area contributed by atoms with Crippen LogP contribution in [0.3, 0.4) is 0 Å². The lowest BCUT2D eigenvalue weighted by atomic mass is 10.0. The van der Waals surface area contributed by atoms with Crippen molar-refractivity contribution in [1.29, 1.82) is 0 Å². The largest absolute Gasteiger partial charge is 0.442 e. The number of hydrogen-bond donors (Lipinski definition) is 4. The molecule has 4 N–H and O–H groups in total. The molecule has 0 aliphatic carbocycles. The smallest absolute Gasteiger partial charge is 0.356 e. The van der Waals surface area contributed by atoms with Gasteiger partial charge in [0, 0.05) is 42.3 Å². The van der Waals surface area contributed by atoms with Gasteiger partial charge in [-0.1, -0.05) is 25.3 Å². The van der Waals surface area contributed by atoms with Crippen LogP contribution in [-0.2, 0) is 17.0 Å². The maximum absolute atomic E-state index is 13.0. The summed E-state index contributed by atoms with van der Waals surface area (Å²) < 4.78 is 39.0. The number of nitrogens with one attached hydrogen (secondary N) is 4. The molecule has 0 radical (unpaired) electrons. The molecule has 3 atom stereocenters. The molecule has 0 saturated carbocycles. The zero-order chi connectivity index (χ0) is 26.3. The Balaban J connectivity index is 0.954. The van der Waals surface area contributed by atoms with Crippen LogP contribution in [0.25, 0.3) is 0 Å². The van der Waals surface area contributed by atoms with Crippen molar-refractivity contribution in [2.24, 2.45) is 10.2 Å². The summed E-state index contributed by atoms with van der Waals surface area (Å²) in [6.07, 6.45) is 3.99. The summed E-state index contributed by atoms with van der Waals surface area (Å²) in [6, 6.07) is 3.35. The molecule has 1 aromatic rings. The second-order valence-electron chi connectivity index (χ2n) is 9.72. The van der Waals surface area contributed by atoms with Crippen LogP contribution in [0.5, 0.6) is 0 Å². The van der Waals surface area contributed by atoms with Gasteiger partial charge in [0.2, 0.25) is 5.91 Å². The summed E-state index contributed by atoms with van der Waals surface area (Å²) in [5.41, 5.74) is -1.81. The lowest BCUT2D eigenvalue weighted by Gasteiger charge is -2.16. The number of alkyl halides is 3. The van der Waals surface area contributed by atoms with Gasteiger partial charge in [0.25, 0.3) is 0 Å². The first-order chi connectivity index (χ1) is 17.8. The normalized spacial score (nSPS) is 23.4. The van der Waals surface area contributed by atoms with Gasteiger partial charge in [0.15, 0.2) is 0 Å². The highest BCUT2D eigenvalue weighted by Gasteiger charge is 2.65. The fourth-order valence-corrected chi connectivity index (χ4v) is 6.26. The molecule has 37 heavy (non-hydrogen) atoms. The number of unbranched alkanes of at least 4 members (excludes halogenated alkanes) is 4. The summed E-state index contributed by atoms with van der Waals surface area (Å²) >= 11 is 1.90. The number of fused-ring (bicyclic) bond motifs is 1. The molecule has 3 amide bonds. The zero-order valence-corrected chi connectivity index (χ0v) is 21.5. The quantitative estimate of drug-likeness (QED) is 0.199. The Morgan fingerprint density at radius 2 is 1.86 bits per heavy atom. The maximum Gasteiger partial charge on any atom is 0.442 e. The monoisotopic (exact) mass is 541 g/mol. The number of rotatable bonds is 15. The minimum absolute atomic E-state index is 0.0601. The summed E-state index contributed by atoms with van der Waals surface area (Å²) in [5, 5.41) is 19.0. The highest BCUT2D eigenvalue weighted by molar-refractivity contribution is 8.00. The number of urea groups is 1. The molecule has 4 heterocycles. The number of aromatic nitrogens is 1. The van der Waals surface area contributed by atoms with Gasteiger partial charge in [-0.25, -0.2) is 4.79 Å². The number of amides is 3. The summed E-state index contributed by atoms with van der Waals surface area (Å²) in [5.74, 6) is 1.05. The van der Waals surface area contributed by atoms with Crippen molar-refractivity contribution in [2.75, 3.05) is 18.8 Å². The fraction of sp³-hybridized carbons (Fsp3) is 0.708. The number of thioether (sulfide) groups is 1. The molecule has 0 bridgehead atoms. The molecule has 9 nitrogen and oxygen atoms in total. The molecule has 2 saturated heterocycles. The molecule has 4 rings (SSSR count). The lowest BCUT2D eigenvalue weighted by Crippen LogP contribution is -2.36. The van der Waals surface area contributed by atoms with Gasteiger partial charge in [-0.15, -0.1) is 10.2 Å².